The van der Waals surface area contributed by atoms with Gasteiger partial charge < -0.3 is 10.3 Å². The number of aromatic nitrogens is 1. The van der Waals surface area contributed by atoms with E-state index in [9.17, 15) is 9.59 Å². The lowest BCUT2D eigenvalue weighted by molar-refractivity contribution is 0.0940. The number of benzene rings is 2. The maximum absolute atomic E-state index is 12.7. The molecule has 1 aromatic heterocycles. The number of aromatic amines is 1. The first-order valence-corrected chi connectivity index (χ1v) is 8.99. The van der Waals surface area contributed by atoms with Crippen LogP contribution in [0, 0.1) is 0 Å². The molecule has 1 amide bonds. The van der Waals surface area contributed by atoms with E-state index in [-0.39, 0.29) is 17.5 Å². The summed E-state index contributed by atoms with van der Waals surface area (Å²) >= 11 is 3.41. The minimum atomic E-state index is -0.281. The van der Waals surface area contributed by atoms with Crippen molar-refractivity contribution in [2.75, 3.05) is 0 Å². The summed E-state index contributed by atoms with van der Waals surface area (Å²) in [5.41, 5.74) is 2.01. The van der Waals surface area contributed by atoms with Crippen molar-refractivity contribution >= 4 is 32.7 Å². The van der Waals surface area contributed by atoms with Gasteiger partial charge in [0.1, 0.15) is 0 Å². The highest BCUT2D eigenvalue weighted by Gasteiger charge is 2.14. The first-order valence-electron chi connectivity index (χ1n) is 8.20. The monoisotopic (exact) mass is 398 g/mol. The first kappa shape index (κ1) is 17.4. The van der Waals surface area contributed by atoms with E-state index in [0.29, 0.717) is 11.1 Å². The van der Waals surface area contributed by atoms with Gasteiger partial charge in [-0.1, -0.05) is 46.3 Å². The molecule has 1 atom stereocenters. The average Bonchev–Trinajstić information content (AvgIpc) is 2.60. The molecule has 0 bridgehead atoms. The maximum atomic E-state index is 12.7. The summed E-state index contributed by atoms with van der Waals surface area (Å²) in [6.07, 6.45) is 1.73. The number of carbonyl (C=O) groups is 1. The van der Waals surface area contributed by atoms with Crippen LogP contribution in [0.4, 0.5) is 0 Å². The maximum Gasteiger partial charge on any atom is 0.252 e. The largest absolute Gasteiger partial charge is 0.350 e. The first-order chi connectivity index (χ1) is 12.0. The van der Waals surface area contributed by atoms with Gasteiger partial charge in [0.05, 0.1) is 5.56 Å². The fourth-order valence-electron chi connectivity index (χ4n) is 2.82. The molecule has 0 spiro atoms. The Bertz CT molecular complexity index is 951. The average molecular weight is 399 g/mol. The van der Waals surface area contributed by atoms with E-state index in [4.69, 9.17) is 0 Å². The van der Waals surface area contributed by atoms with Crippen LogP contribution >= 0.6 is 15.9 Å². The van der Waals surface area contributed by atoms with E-state index in [1.807, 2.05) is 37.3 Å². The molecule has 1 heterocycles. The summed E-state index contributed by atoms with van der Waals surface area (Å²) in [6.45, 7) is 1.98. The molecule has 0 aliphatic heterocycles. The van der Waals surface area contributed by atoms with E-state index in [0.717, 1.165) is 22.7 Å². The van der Waals surface area contributed by atoms with E-state index in [2.05, 4.69) is 38.4 Å². The van der Waals surface area contributed by atoms with Crippen molar-refractivity contribution in [3.63, 3.8) is 0 Å². The van der Waals surface area contributed by atoms with Crippen molar-refractivity contribution in [1.82, 2.24) is 10.3 Å². The summed E-state index contributed by atoms with van der Waals surface area (Å²) in [5.74, 6) is -0.227. The number of rotatable bonds is 5. The summed E-state index contributed by atoms with van der Waals surface area (Å²) in [6, 6.07) is 17.0. The standard InChI is InChI=1S/C20H19BrN2O2/c1-13(7-8-14-5-3-2-4-6-14)22-20(25)17-12-19(24)23-18-10-9-15(21)11-16(17)18/h2-6,9-13H,7-8H2,1H3,(H,22,25)(H,23,24). The van der Waals surface area contributed by atoms with Crippen LogP contribution in [-0.2, 0) is 6.42 Å². The molecule has 0 aliphatic rings. The predicted octanol–water partition coefficient (Wildman–Crippen LogP) is 4.04. The third-order valence-electron chi connectivity index (χ3n) is 4.14. The fourth-order valence-corrected chi connectivity index (χ4v) is 3.18. The highest BCUT2D eigenvalue weighted by molar-refractivity contribution is 9.10. The number of H-pyrrole nitrogens is 1. The van der Waals surface area contributed by atoms with Gasteiger partial charge in [0.25, 0.3) is 5.91 Å². The third kappa shape index (κ3) is 4.37. The lowest BCUT2D eigenvalue weighted by atomic mass is 10.0. The molecular formula is C20H19BrN2O2. The number of aryl methyl sites for hydroxylation is 1. The van der Waals surface area contributed by atoms with Crippen LogP contribution in [0.3, 0.4) is 0 Å². The smallest absolute Gasteiger partial charge is 0.252 e. The van der Waals surface area contributed by atoms with Gasteiger partial charge >= 0.3 is 0 Å². The molecular weight excluding hydrogens is 380 g/mol. The number of nitrogens with one attached hydrogen (secondary N) is 2. The van der Waals surface area contributed by atoms with Crippen molar-refractivity contribution < 1.29 is 4.79 Å². The zero-order chi connectivity index (χ0) is 17.8. The van der Waals surface area contributed by atoms with Gasteiger partial charge in [0.2, 0.25) is 5.56 Å². The van der Waals surface area contributed by atoms with E-state index in [1.54, 1.807) is 6.07 Å². The van der Waals surface area contributed by atoms with Gasteiger partial charge in [-0.3, -0.25) is 9.59 Å². The van der Waals surface area contributed by atoms with Crippen LogP contribution in [0.5, 0.6) is 0 Å². The third-order valence-corrected chi connectivity index (χ3v) is 4.63. The molecule has 2 N–H and O–H groups in total. The van der Waals surface area contributed by atoms with Crippen molar-refractivity contribution in [3.8, 4) is 0 Å². The lowest BCUT2D eigenvalue weighted by Crippen LogP contribution is -2.33. The normalized spacial score (nSPS) is 12.1. The topological polar surface area (TPSA) is 62.0 Å². The van der Waals surface area contributed by atoms with Gasteiger partial charge in [-0.15, -0.1) is 0 Å². The van der Waals surface area contributed by atoms with Crippen molar-refractivity contribution in [2.45, 2.75) is 25.8 Å². The minimum absolute atomic E-state index is 0.00852. The molecule has 4 nitrogen and oxygen atoms in total. The Hall–Kier alpha value is -2.40. The molecule has 3 aromatic rings. The highest BCUT2D eigenvalue weighted by atomic mass is 79.9. The molecule has 25 heavy (non-hydrogen) atoms. The van der Waals surface area contributed by atoms with Crippen molar-refractivity contribution in [1.29, 1.82) is 0 Å². The molecule has 0 saturated carbocycles. The highest BCUT2D eigenvalue weighted by Crippen LogP contribution is 2.20. The summed E-state index contributed by atoms with van der Waals surface area (Å²) in [5, 5.41) is 3.72. The van der Waals surface area contributed by atoms with Gasteiger partial charge in [-0.25, -0.2) is 0 Å². The van der Waals surface area contributed by atoms with Crippen LogP contribution < -0.4 is 10.9 Å². The molecule has 0 saturated heterocycles. The molecule has 2 aromatic carbocycles. The molecule has 3 rings (SSSR count). The van der Waals surface area contributed by atoms with Gasteiger partial charge in [-0.05, 0) is 43.5 Å². The zero-order valence-corrected chi connectivity index (χ0v) is 15.5. The fraction of sp³-hybridized carbons (Fsp3) is 0.200. The van der Waals surface area contributed by atoms with Crippen LogP contribution in [-0.4, -0.2) is 16.9 Å². The van der Waals surface area contributed by atoms with E-state index in [1.165, 1.54) is 11.6 Å². The number of fused-ring (bicyclic) bond motifs is 1. The van der Waals surface area contributed by atoms with Gasteiger partial charge in [0.15, 0.2) is 0 Å². The number of halogens is 1. The Morgan fingerprint density at radius 3 is 2.68 bits per heavy atom. The van der Waals surface area contributed by atoms with Crippen molar-refractivity contribution in [2.24, 2.45) is 0 Å². The second-order valence-electron chi connectivity index (χ2n) is 6.14. The van der Waals surface area contributed by atoms with Crippen molar-refractivity contribution in [3.05, 3.63) is 80.6 Å². The zero-order valence-electron chi connectivity index (χ0n) is 13.9. The Morgan fingerprint density at radius 1 is 1.16 bits per heavy atom. The minimum Gasteiger partial charge on any atom is -0.350 e. The Balaban J connectivity index is 1.75. The predicted molar refractivity (Wildman–Crippen MR) is 104 cm³/mol. The Kier molecular flexibility index (Phi) is 5.34. The summed E-state index contributed by atoms with van der Waals surface area (Å²) in [7, 11) is 0. The summed E-state index contributed by atoms with van der Waals surface area (Å²) < 4.78 is 0.859. The van der Waals surface area contributed by atoms with Crippen LogP contribution in [0.1, 0.15) is 29.3 Å². The molecule has 5 heteroatoms. The second-order valence-corrected chi connectivity index (χ2v) is 7.05. The van der Waals surface area contributed by atoms with E-state index >= 15 is 0 Å². The molecule has 0 aliphatic carbocycles. The Morgan fingerprint density at radius 2 is 1.92 bits per heavy atom. The molecule has 128 valence electrons. The van der Waals surface area contributed by atoms with Crippen LogP contribution in [0.2, 0.25) is 0 Å². The summed E-state index contributed by atoms with van der Waals surface area (Å²) in [4.78, 5) is 27.3. The number of amides is 1. The second kappa shape index (κ2) is 7.66. The van der Waals surface area contributed by atoms with Crippen LogP contribution in [0.25, 0.3) is 10.9 Å². The molecule has 0 radical (unpaired) electrons. The molecule has 0 fully saturated rings. The number of hydrogen-bond donors (Lipinski definition) is 2. The Labute approximate surface area is 154 Å². The van der Waals surface area contributed by atoms with Gasteiger partial charge in [0, 0.05) is 27.5 Å². The van der Waals surface area contributed by atoms with E-state index < -0.39 is 0 Å². The number of pyridine rings is 1. The molecule has 1 unspecified atom stereocenters. The quantitative estimate of drug-likeness (QED) is 0.680. The van der Waals surface area contributed by atoms with Gasteiger partial charge in [-0.2, -0.15) is 0 Å². The SMILES string of the molecule is CC(CCc1ccccc1)NC(=O)c1cc(=O)[nH]c2ccc(Br)cc12. The lowest BCUT2D eigenvalue weighted by Gasteiger charge is -2.15. The number of carbonyl (C=O) groups excluding carboxylic acids is 1. The van der Waals surface area contributed by atoms with Crippen LogP contribution in [0.15, 0.2) is 63.9 Å². The number of hydrogen-bond acceptors (Lipinski definition) is 2.